The molecule has 1 aromatic heterocycles. The van der Waals surface area contributed by atoms with Gasteiger partial charge in [0, 0.05) is 31.9 Å². The Kier molecular flexibility index (Phi) is 6.24. The number of para-hydroxylation sites is 2. The number of pyridine rings is 1. The molecule has 1 aliphatic heterocycles. The van der Waals surface area contributed by atoms with Gasteiger partial charge in [0.05, 0.1) is 16.9 Å². The smallest absolute Gasteiger partial charge is 0.274 e. The van der Waals surface area contributed by atoms with E-state index in [9.17, 15) is 9.59 Å². The number of carbonyl (C=O) groups is 2. The Morgan fingerprint density at radius 1 is 1.00 bits per heavy atom. The molecule has 31 heavy (non-hydrogen) atoms. The second-order valence-corrected chi connectivity index (χ2v) is 7.58. The van der Waals surface area contributed by atoms with Crippen molar-refractivity contribution in [1.29, 1.82) is 0 Å². The maximum Gasteiger partial charge on any atom is 0.274 e. The van der Waals surface area contributed by atoms with Crippen molar-refractivity contribution in [2.45, 2.75) is 19.0 Å². The van der Waals surface area contributed by atoms with Gasteiger partial charge in [-0.05, 0) is 36.2 Å². The summed E-state index contributed by atoms with van der Waals surface area (Å²) in [7, 11) is 0. The number of nitrogen functional groups attached to an aromatic ring is 1. The van der Waals surface area contributed by atoms with E-state index in [2.05, 4.69) is 32.7 Å². The number of anilines is 2. The van der Waals surface area contributed by atoms with E-state index in [-0.39, 0.29) is 17.5 Å². The molecule has 7 heteroatoms. The molecule has 1 saturated heterocycles. The summed E-state index contributed by atoms with van der Waals surface area (Å²) in [5.41, 5.74) is 8.76. The lowest BCUT2D eigenvalue weighted by molar-refractivity contribution is 0.0732. The number of hydrogen-bond donors (Lipinski definition) is 3. The minimum Gasteiger partial charge on any atom is -0.397 e. The van der Waals surface area contributed by atoms with Crippen LogP contribution in [0.25, 0.3) is 0 Å². The van der Waals surface area contributed by atoms with Crippen molar-refractivity contribution >= 4 is 23.2 Å². The Labute approximate surface area is 181 Å². The molecule has 1 fully saturated rings. The van der Waals surface area contributed by atoms with Crippen LogP contribution < -0.4 is 16.4 Å². The normalized spacial score (nSPS) is 15.7. The van der Waals surface area contributed by atoms with Crippen LogP contribution in [0.2, 0.25) is 0 Å². The molecule has 1 unspecified atom stereocenters. The fourth-order valence-electron chi connectivity index (χ4n) is 3.52. The summed E-state index contributed by atoms with van der Waals surface area (Å²) in [6.07, 6.45) is 2.48. The first-order chi connectivity index (χ1) is 15.1. The highest BCUT2D eigenvalue weighted by Crippen LogP contribution is 2.20. The molecule has 0 spiro atoms. The van der Waals surface area contributed by atoms with E-state index in [0.717, 1.165) is 19.5 Å². The summed E-state index contributed by atoms with van der Waals surface area (Å²) in [6, 6.07) is 20.8. The van der Waals surface area contributed by atoms with Gasteiger partial charge in [-0.2, -0.15) is 0 Å². The number of benzene rings is 2. The predicted octanol–water partition coefficient (Wildman–Crippen LogP) is 2.92. The first kappa shape index (κ1) is 20.6. The molecule has 158 valence electrons. The largest absolute Gasteiger partial charge is 0.397 e. The summed E-state index contributed by atoms with van der Waals surface area (Å²) >= 11 is 0. The van der Waals surface area contributed by atoms with Gasteiger partial charge in [0.25, 0.3) is 11.8 Å². The van der Waals surface area contributed by atoms with Crippen LogP contribution in [0.5, 0.6) is 0 Å². The van der Waals surface area contributed by atoms with Crippen LogP contribution in [0, 0.1) is 0 Å². The molecule has 0 bridgehead atoms. The first-order valence-corrected chi connectivity index (χ1v) is 10.3. The van der Waals surface area contributed by atoms with E-state index in [0.29, 0.717) is 29.5 Å². The number of aromatic nitrogens is 1. The molecule has 4 rings (SSSR count). The van der Waals surface area contributed by atoms with Crippen molar-refractivity contribution in [2.75, 3.05) is 24.1 Å². The molecular weight excluding hydrogens is 390 g/mol. The Morgan fingerprint density at radius 3 is 2.45 bits per heavy atom. The average Bonchev–Trinajstić information content (AvgIpc) is 2.79. The Balaban J connectivity index is 1.28. The third-order valence-corrected chi connectivity index (χ3v) is 5.46. The summed E-state index contributed by atoms with van der Waals surface area (Å²) in [5.74, 6) is -0.575. The van der Waals surface area contributed by atoms with E-state index in [1.807, 2.05) is 18.2 Å². The third-order valence-electron chi connectivity index (χ3n) is 5.46. The summed E-state index contributed by atoms with van der Waals surface area (Å²) in [5, 5.41) is 5.70. The lowest BCUT2D eigenvalue weighted by atomic mass is 10.0. The van der Waals surface area contributed by atoms with Crippen LogP contribution in [-0.2, 0) is 6.54 Å². The maximum atomic E-state index is 12.5. The molecule has 0 aliphatic carbocycles. The minimum absolute atomic E-state index is 0.196. The van der Waals surface area contributed by atoms with Crippen LogP contribution >= 0.6 is 0 Å². The molecule has 2 amide bonds. The van der Waals surface area contributed by atoms with Crippen molar-refractivity contribution in [3.05, 3.63) is 89.7 Å². The first-order valence-electron chi connectivity index (χ1n) is 10.3. The van der Waals surface area contributed by atoms with Gasteiger partial charge in [-0.1, -0.05) is 42.5 Å². The Morgan fingerprint density at radius 2 is 1.77 bits per heavy atom. The number of likely N-dealkylation sites (tertiary alicyclic amines) is 1. The van der Waals surface area contributed by atoms with Crippen molar-refractivity contribution < 1.29 is 9.59 Å². The number of nitrogens with zero attached hydrogens (tertiary/aromatic N) is 2. The molecule has 0 radical (unpaired) electrons. The zero-order valence-electron chi connectivity index (χ0n) is 17.1. The molecule has 7 nitrogen and oxygen atoms in total. The van der Waals surface area contributed by atoms with E-state index < -0.39 is 0 Å². The van der Waals surface area contributed by atoms with E-state index in [4.69, 9.17) is 5.73 Å². The minimum atomic E-state index is -0.379. The fourth-order valence-corrected chi connectivity index (χ4v) is 3.52. The van der Waals surface area contributed by atoms with Crippen molar-refractivity contribution in [2.24, 2.45) is 0 Å². The number of amides is 2. The molecule has 2 heterocycles. The van der Waals surface area contributed by atoms with E-state index in [1.54, 1.807) is 30.3 Å². The van der Waals surface area contributed by atoms with Gasteiger partial charge < -0.3 is 16.4 Å². The molecule has 4 N–H and O–H groups in total. The quantitative estimate of drug-likeness (QED) is 0.515. The number of nitrogens with one attached hydrogen (secondary N) is 2. The van der Waals surface area contributed by atoms with Gasteiger partial charge in [0.1, 0.15) is 5.69 Å². The lowest BCUT2D eigenvalue weighted by Gasteiger charge is -2.41. The van der Waals surface area contributed by atoms with Crippen molar-refractivity contribution in [3.63, 3.8) is 0 Å². The van der Waals surface area contributed by atoms with Gasteiger partial charge in [-0.25, -0.2) is 0 Å². The number of hydrogen-bond acceptors (Lipinski definition) is 5. The van der Waals surface area contributed by atoms with E-state index in [1.165, 1.54) is 17.8 Å². The number of nitrogens with two attached hydrogens (primary N) is 1. The van der Waals surface area contributed by atoms with Crippen LogP contribution in [-0.4, -0.2) is 40.8 Å². The van der Waals surface area contributed by atoms with Gasteiger partial charge in [-0.3, -0.25) is 19.5 Å². The Hall–Kier alpha value is -3.71. The molecule has 2 aromatic carbocycles. The SMILES string of the molecule is Nc1ccccc1NC(=O)c1ccc(C(=O)NCC2CCN2Cc2ccccc2)cn1. The summed E-state index contributed by atoms with van der Waals surface area (Å²) in [6.45, 7) is 2.51. The highest BCUT2D eigenvalue weighted by molar-refractivity contribution is 6.04. The summed E-state index contributed by atoms with van der Waals surface area (Å²) in [4.78, 5) is 31.3. The molecule has 1 atom stereocenters. The second kappa shape index (κ2) is 9.40. The zero-order chi connectivity index (χ0) is 21.6. The van der Waals surface area contributed by atoms with Gasteiger partial charge in [0.15, 0.2) is 0 Å². The van der Waals surface area contributed by atoms with E-state index >= 15 is 0 Å². The highest BCUT2D eigenvalue weighted by Gasteiger charge is 2.28. The third kappa shape index (κ3) is 5.07. The predicted molar refractivity (Wildman–Crippen MR) is 121 cm³/mol. The molecular formula is C24H25N5O2. The van der Waals surface area contributed by atoms with Crippen LogP contribution in [0.3, 0.4) is 0 Å². The number of carbonyl (C=O) groups excluding carboxylic acids is 2. The number of rotatable bonds is 7. The Bertz CT molecular complexity index is 1050. The van der Waals surface area contributed by atoms with Gasteiger partial charge in [-0.15, -0.1) is 0 Å². The van der Waals surface area contributed by atoms with Gasteiger partial charge in [0.2, 0.25) is 0 Å². The topological polar surface area (TPSA) is 100 Å². The van der Waals surface area contributed by atoms with Crippen LogP contribution in [0.1, 0.15) is 32.8 Å². The zero-order valence-corrected chi connectivity index (χ0v) is 17.1. The standard InChI is InChI=1S/C24H25N5O2/c25-20-8-4-5-9-21(20)28-24(31)22-11-10-18(14-26-22)23(30)27-15-19-12-13-29(19)16-17-6-2-1-3-7-17/h1-11,14,19H,12-13,15-16,25H2,(H,27,30)(H,28,31). The van der Waals surface area contributed by atoms with Crippen molar-refractivity contribution in [1.82, 2.24) is 15.2 Å². The maximum absolute atomic E-state index is 12.5. The summed E-state index contributed by atoms with van der Waals surface area (Å²) < 4.78 is 0. The monoisotopic (exact) mass is 415 g/mol. The van der Waals surface area contributed by atoms with Crippen LogP contribution in [0.15, 0.2) is 72.9 Å². The molecule has 1 aliphatic rings. The van der Waals surface area contributed by atoms with Gasteiger partial charge >= 0.3 is 0 Å². The average molecular weight is 415 g/mol. The molecule has 3 aromatic rings. The lowest BCUT2D eigenvalue weighted by Crippen LogP contribution is -2.52. The fraction of sp³-hybridized carbons (Fsp3) is 0.208. The van der Waals surface area contributed by atoms with Crippen LogP contribution in [0.4, 0.5) is 11.4 Å². The van der Waals surface area contributed by atoms with Crippen molar-refractivity contribution in [3.8, 4) is 0 Å². The molecule has 0 saturated carbocycles. The highest BCUT2D eigenvalue weighted by atomic mass is 16.2. The second-order valence-electron chi connectivity index (χ2n) is 7.58.